The van der Waals surface area contributed by atoms with E-state index in [4.69, 9.17) is 5.11 Å². The number of thiophene rings is 1. The third kappa shape index (κ3) is 3.17. The molecule has 2 N–H and O–H groups in total. The summed E-state index contributed by atoms with van der Waals surface area (Å²) in [5.74, 6) is -0.951. The second-order valence-corrected chi connectivity index (χ2v) is 7.76. The molecule has 0 amide bonds. The van der Waals surface area contributed by atoms with Crippen LogP contribution >= 0.6 is 27.3 Å². The lowest BCUT2D eigenvalue weighted by Gasteiger charge is -2.08. The number of carboxylic acid groups (broad SMARTS) is 1. The average molecular weight is 377 g/mol. The fraction of sp³-hybridized carbons (Fsp3) is 0.0909. The Bertz CT molecular complexity index is 770. The minimum absolute atomic E-state index is 0.0362. The molecule has 0 aliphatic carbocycles. The first-order valence-electron chi connectivity index (χ1n) is 5.28. The van der Waals surface area contributed by atoms with Gasteiger partial charge in [0.25, 0.3) is 10.0 Å². The van der Waals surface area contributed by atoms with Gasteiger partial charge in [-0.3, -0.25) is 4.72 Å². The summed E-state index contributed by atoms with van der Waals surface area (Å²) in [5.41, 5.74) is 0.651. The molecule has 0 saturated carbocycles. The van der Waals surface area contributed by atoms with E-state index in [1.807, 2.05) is 0 Å². The lowest BCUT2D eigenvalue weighted by molar-refractivity contribution is 0.0702. The molecule has 0 radical (unpaired) electrons. The zero-order chi connectivity index (χ0) is 14.9. The molecule has 2 heterocycles. The van der Waals surface area contributed by atoms with E-state index in [0.717, 1.165) is 4.47 Å². The van der Waals surface area contributed by atoms with Crippen molar-refractivity contribution in [2.45, 2.75) is 11.1 Å². The number of halogens is 1. The highest BCUT2D eigenvalue weighted by atomic mass is 79.9. The molecular weight excluding hydrogens is 368 g/mol. The van der Waals surface area contributed by atoms with Crippen LogP contribution in [0.25, 0.3) is 0 Å². The van der Waals surface area contributed by atoms with E-state index in [2.05, 4.69) is 25.6 Å². The van der Waals surface area contributed by atoms with Gasteiger partial charge >= 0.3 is 5.97 Å². The van der Waals surface area contributed by atoms with Gasteiger partial charge in [0, 0.05) is 10.7 Å². The predicted molar refractivity (Wildman–Crippen MR) is 78.8 cm³/mol. The predicted octanol–water partition coefficient (Wildman–Crippen LogP) is 2.71. The van der Waals surface area contributed by atoms with Crippen molar-refractivity contribution in [1.82, 2.24) is 4.98 Å². The van der Waals surface area contributed by atoms with Crippen molar-refractivity contribution < 1.29 is 18.3 Å². The van der Waals surface area contributed by atoms with Crippen molar-refractivity contribution in [3.05, 3.63) is 39.3 Å². The van der Waals surface area contributed by atoms with Gasteiger partial charge in [0.2, 0.25) is 0 Å². The number of aryl methyl sites for hydroxylation is 1. The number of hydrogen-bond donors (Lipinski definition) is 2. The summed E-state index contributed by atoms with van der Waals surface area (Å²) in [4.78, 5) is 14.7. The van der Waals surface area contributed by atoms with Crippen LogP contribution in [0.15, 0.2) is 33.1 Å². The van der Waals surface area contributed by atoms with E-state index in [1.54, 1.807) is 13.0 Å². The summed E-state index contributed by atoms with van der Waals surface area (Å²) < 4.78 is 27.3. The lowest BCUT2D eigenvalue weighted by Crippen LogP contribution is -2.13. The minimum Gasteiger partial charge on any atom is -0.477 e. The van der Waals surface area contributed by atoms with E-state index in [1.165, 1.54) is 18.3 Å². The highest BCUT2D eigenvalue weighted by Gasteiger charge is 2.20. The van der Waals surface area contributed by atoms with Crippen molar-refractivity contribution in [2.75, 3.05) is 4.72 Å². The number of rotatable bonds is 4. The molecule has 0 aliphatic rings. The van der Waals surface area contributed by atoms with Crippen LogP contribution in [-0.2, 0) is 10.0 Å². The Hall–Kier alpha value is -1.45. The third-order valence-electron chi connectivity index (χ3n) is 2.33. The fourth-order valence-electron chi connectivity index (χ4n) is 1.40. The second-order valence-electron chi connectivity index (χ2n) is 3.85. The second kappa shape index (κ2) is 5.51. The highest BCUT2D eigenvalue weighted by molar-refractivity contribution is 9.10. The van der Waals surface area contributed by atoms with E-state index in [9.17, 15) is 13.2 Å². The zero-order valence-electron chi connectivity index (χ0n) is 10.1. The molecule has 6 nitrogen and oxygen atoms in total. The number of hydrogen-bond acceptors (Lipinski definition) is 5. The van der Waals surface area contributed by atoms with Crippen molar-refractivity contribution in [3.63, 3.8) is 0 Å². The minimum atomic E-state index is -3.83. The van der Waals surface area contributed by atoms with Gasteiger partial charge in [-0.05, 0) is 46.6 Å². The Balaban J connectivity index is 2.33. The number of aromatic carboxylic acids is 1. The standard InChI is InChI=1S/C11H9BrN2O4S2/c1-6-4-7(12)5-13-10(6)14-20(17,18)9-3-2-8(19-9)11(15)16/h2-5H,1H3,(H,13,14)(H,15,16). The Labute approximate surface area is 127 Å². The van der Waals surface area contributed by atoms with E-state index in [0.29, 0.717) is 16.9 Å². The summed E-state index contributed by atoms with van der Waals surface area (Å²) in [7, 11) is -3.83. The van der Waals surface area contributed by atoms with Gasteiger partial charge in [-0.2, -0.15) is 0 Å². The van der Waals surface area contributed by atoms with Gasteiger partial charge < -0.3 is 5.11 Å². The first-order chi connectivity index (χ1) is 9.29. The normalized spacial score (nSPS) is 11.3. The molecule has 0 atom stereocenters. The summed E-state index contributed by atoms with van der Waals surface area (Å²) in [6, 6.07) is 4.23. The summed E-state index contributed by atoms with van der Waals surface area (Å²) in [6.45, 7) is 1.71. The molecule has 0 fully saturated rings. The largest absolute Gasteiger partial charge is 0.477 e. The molecule has 2 rings (SSSR count). The summed E-state index contributed by atoms with van der Waals surface area (Å²) in [5, 5.41) is 8.81. The highest BCUT2D eigenvalue weighted by Crippen LogP contribution is 2.25. The van der Waals surface area contributed by atoms with Gasteiger partial charge in [-0.15, -0.1) is 11.3 Å². The molecule has 20 heavy (non-hydrogen) atoms. The topological polar surface area (TPSA) is 96.4 Å². The fourth-order valence-corrected chi connectivity index (χ4v) is 4.08. The molecular formula is C11H9BrN2O4S2. The van der Waals surface area contributed by atoms with Crippen LogP contribution in [0.4, 0.5) is 5.82 Å². The molecule has 0 saturated heterocycles. The molecule has 9 heteroatoms. The Morgan fingerprint density at radius 3 is 2.70 bits per heavy atom. The van der Waals surface area contributed by atoms with Crippen LogP contribution in [0.1, 0.15) is 15.2 Å². The zero-order valence-corrected chi connectivity index (χ0v) is 13.3. The van der Waals surface area contributed by atoms with Gasteiger partial charge in [-0.25, -0.2) is 18.2 Å². The van der Waals surface area contributed by atoms with Crippen LogP contribution in [0.3, 0.4) is 0 Å². The number of carboxylic acids is 1. The number of aromatic nitrogens is 1. The van der Waals surface area contributed by atoms with Crippen LogP contribution in [0, 0.1) is 6.92 Å². The number of nitrogens with one attached hydrogen (secondary N) is 1. The maximum Gasteiger partial charge on any atom is 0.345 e. The monoisotopic (exact) mass is 376 g/mol. The maximum atomic E-state index is 12.1. The number of anilines is 1. The molecule has 0 aliphatic heterocycles. The lowest BCUT2D eigenvalue weighted by atomic mass is 10.3. The van der Waals surface area contributed by atoms with Crippen molar-refractivity contribution in [2.24, 2.45) is 0 Å². The SMILES string of the molecule is Cc1cc(Br)cnc1NS(=O)(=O)c1ccc(C(=O)O)s1. The van der Waals surface area contributed by atoms with Crippen LogP contribution < -0.4 is 4.72 Å². The molecule has 0 aromatic carbocycles. The number of pyridine rings is 1. The molecule has 0 spiro atoms. The van der Waals surface area contributed by atoms with Crippen molar-refractivity contribution in [3.8, 4) is 0 Å². The van der Waals surface area contributed by atoms with Crippen LogP contribution in [-0.4, -0.2) is 24.5 Å². The van der Waals surface area contributed by atoms with Crippen molar-refractivity contribution >= 4 is 49.1 Å². The summed E-state index contributed by atoms with van der Waals surface area (Å²) in [6.07, 6.45) is 1.47. The molecule has 106 valence electrons. The quantitative estimate of drug-likeness (QED) is 0.854. The third-order valence-corrected chi connectivity index (χ3v) is 5.67. The first-order valence-corrected chi connectivity index (χ1v) is 8.37. The summed E-state index contributed by atoms with van der Waals surface area (Å²) >= 11 is 3.93. The van der Waals surface area contributed by atoms with Gasteiger partial charge in [0.15, 0.2) is 0 Å². The number of nitrogens with zero attached hydrogens (tertiary/aromatic N) is 1. The maximum absolute atomic E-state index is 12.1. The Kier molecular flexibility index (Phi) is 4.11. The number of carbonyl (C=O) groups is 1. The van der Waals surface area contributed by atoms with Crippen LogP contribution in [0.2, 0.25) is 0 Å². The van der Waals surface area contributed by atoms with Gasteiger partial charge in [0.05, 0.1) is 0 Å². The molecule has 2 aromatic rings. The van der Waals surface area contributed by atoms with Crippen molar-refractivity contribution in [1.29, 1.82) is 0 Å². The van der Waals surface area contributed by atoms with E-state index in [-0.39, 0.29) is 14.9 Å². The number of sulfonamides is 1. The molecule has 2 aromatic heterocycles. The smallest absolute Gasteiger partial charge is 0.345 e. The van der Waals surface area contributed by atoms with E-state index >= 15 is 0 Å². The first kappa shape index (κ1) is 14.9. The Morgan fingerprint density at radius 2 is 2.15 bits per heavy atom. The van der Waals surface area contributed by atoms with Gasteiger partial charge in [-0.1, -0.05) is 0 Å². The molecule has 0 unspecified atom stereocenters. The molecule has 0 bridgehead atoms. The average Bonchev–Trinajstić information content (AvgIpc) is 2.83. The van der Waals surface area contributed by atoms with Crippen LogP contribution in [0.5, 0.6) is 0 Å². The Morgan fingerprint density at radius 1 is 1.45 bits per heavy atom. The van der Waals surface area contributed by atoms with E-state index < -0.39 is 16.0 Å². The van der Waals surface area contributed by atoms with Gasteiger partial charge in [0.1, 0.15) is 14.9 Å².